The first-order chi connectivity index (χ1) is 9.40. The Morgan fingerprint density at radius 3 is 2.60 bits per heavy atom. The summed E-state index contributed by atoms with van der Waals surface area (Å²) < 4.78 is 22.7. The van der Waals surface area contributed by atoms with Crippen LogP contribution in [0.3, 0.4) is 0 Å². The summed E-state index contributed by atoms with van der Waals surface area (Å²) in [6.07, 6.45) is 2.04. The van der Waals surface area contributed by atoms with Crippen molar-refractivity contribution in [2.45, 2.75) is 30.7 Å². The van der Waals surface area contributed by atoms with Gasteiger partial charge in [0, 0.05) is 19.1 Å². The highest BCUT2D eigenvalue weighted by atomic mass is 35.5. The van der Waals surface area contributed by atoms with E-state index in [1.165, 1.54) is 12.1 Å². The zero-order chi connectivity index (χ0) is 14.8. The number of anilines is 1. The molecule has 1 aromatic rings. The minimum atomic E-state index is -3.70. The van der Waals surface area contributed by atoms with E-state index >= 15 is 0 Å². The normalized spacial score (nSPS) is 18.1. The molecule has 1 heterocycles. The van der Waals surface area contributed by atoms with Crippen molar-refractivity contribution in [3.8, 4) is 0 Å². The SMILES string of the molecule is CCN1CCC(Nc2cc(S(N)(=O)=O)ccc2Cl)CC1. The van der Waals surface area contributed by atoms with Gasteiger partial charge in [-0.2, -0.15) is 0 Å². The lowest BCUT2D eigenvalue weighted by Gasteiger charge is -2.32. The van der Waals surface area contributed by atoms with E-state index in [2.05, 4.69) is 17.1 Å². The quantitative estimate of drug-likeness (QED) is 0.889. The molecule has 0 amide bonds. The first kappa shape index (κ1) is 15.6. The maximum Gasteiger partial charge on any atom is 0.238 e. The van der Waals surface area contributed by atoms with Crippen molar-refractivity contribution in [3.63, 3.8) is 0 Å². The Labute approximate surface area is 125 Å². The molecule has 112 valence electrons. The predicted molar refractivity (Wildman–Crippen MR) is 81.6 cm³/mol. The molecule has 0 unspecified atom stereocenters. The van der Waals surface area contributed by atoms with Crippen molar-refractivity contribution in [1.82, 2.24) is 4.90 Å². The highest BCUT2D eigenvalue weighted by molar-refractivity contribution is 7.89. The van der Waals surface area contributed by atoms with Crippen LogP contribution in [0.2, 0.25) is 5.02 Å². The van der Waals surface area contributed by atoms with E-state index in [0.717, 1.165) is 32.5 Å². The molecular weight excluding hydrogens is 298 g/mol. The molecule has 1 aliphatic heterocycles. The molecule has 0 aliphatic carbocycles. The maximum atomic E-state index is 11.4. The molecule has 0 radical (unpaired) electrons. The molecule has 1 fully saturated rings. The molecule has 0 atom stereocenters. The number of hydrogen-bond acceptors (Lipinski definition) is 4. The molecule has 0 aromatic heterocycles. The molecule has 0 spiro atoms. The fourth-order valence-corrected chi connectivity index (χ4v) is 3.12. The summed E-state index contributed by atoms with van der Waals surface area (Å²) >= 11 is 6.11. The van der Waals surface area contributed by atoms with E-state index in [9.17, 15) is 8.42 Å². The molecule has 5 nitrogen and oxygen atoms in total. The molecule has 20 heavy (non-hydrogen) atoms. The predicted octanol–water partition coefficient (Wildman–Crippen LogP) is 1.88. The Balaban J connectivity index is 2.10. The second-order valence-electron chi connectivity index (χ2n) is 5.04. The largest absolute Gasteiger partial charge is 0.381 e. The third kappa shape index (κ3) is 3.85. The molecule has 1 saturated heterocycles. The van der Waals surface area contributed by atoms with Gasteiger partial charge in [0.15, 0.2) is 0 Å². The summed E-state index contributed by atoms with van der Waals surface area (Å²) in [7, 11) is -3.70. The van der Waals surface area contributed by atoms with E-state index in [1.807, 2.05) is 0 Å². The monoisotopic (exact) mass is 317 g/mol. The number of likely N-dealkylation sites (tertiary alicyclic amines) is 1. The Bertz CT molecular complexity index is 569. The smallest absolute Gasteiger partial charge is 0.238 e. The third-order valence-electron chi connectivity index (χ3n) is 3.66. The van der Waals surface area contributed by atoms with Crippen LogP contribution in [0.5, 0.6) is 0 Å². The lowest BCUT2D eigenvalue weighted by molar-refractivity contribution is 0.229. The number of nitrogens with zero attached hydrogens (tertiary/aromatic N) is 1. The van der Waals surface area contributed by atoms with Crippen LogP contribution in [-0.4, -0.2) is 39.0 Å². The highest BCUT2D eigenvalue weighted by Crippen LogP contribution is 2.27. The van der Waals surface area contributed by atoms with Gasteiger partial charge in [-0.05, 0) is 37.6 Å². The van der Waals surface area contributed by atoms with Crippen molar-refractivity contribution < 1.29 is 8.42 Å². The van der Waals surface area contributed by atoms with Crippen molar-refractivity contribution >= 4 is 27.3 Å². The highest BCUT2D eigenvalue weighted by Gasteiger charge is 2.19. The number of hydrogen-bond donors (Lipinski definition) is 2. The average Bonchev–Trinajstić information content (AvgIpc) is 2.41. The molecule has 1 aliphatic rings. The van der Waals surface area contributed by atoms with E-state index in [0.29, 0.717) is 16.8 Å². The zero-order valence-electron chi connectivity index (χ0n) is 11.5. The van der Waals surface area contributed by atoms with Gasteiger partial charge in [0.1, 0.15) is 0 Å². The Kier molecular flexibility index (Phi) is 4.90. The number of piperidine rings is 1. The number of primary sulfonamides is 1. The van der Waals surface area contributed by atoms with Crippen LogP contribution in [0.1, 0.15) is 19.8 Å². The van der Waals surface area contributed by atoms with E-state index < -0.39 is 10.0 Å². The fraction of sp³-hybridized carbons (Fsp3) is 0.538. The molecular formula is C13H20ClN3O2S. The molecule has 1 aromatic carbocycles. The van der Waals surface area contributed by atoms with Gasteiger partial charge >= 0.3 is 0 Å². The van der Waals surface area contributed by atoms with E-state index in [-0.39, 0.29) is 4.90 Å². The molecule has 0 saturated carbocycles. The lowest BCUT2D eigenvalue weighted by Crippen LogP contribution is -2.38. The number of halogens is 1. The number of nitrogens with one attached hydrogen (secondary N) is 1. The Morgan fingerprint density at radius 2 is 2.05 bits per heavy atom. The summed E-state index contributed by atoms with van der Waals surface area (Å²) in [6, 6.07) is 4.79. The van der Waals surface area contributed by atoms with Crippen LogP contribution in [0.4, 0.5) is 5.69 Å². The summed E-state index contributed by atoms with van der Waals surface area (Å²) in [5, 5.41) is 8.98. The molecule has 3 N–H and O–H groups in total. The lowest BCUT2D eigenvalue weighted by atomic mass is 10.0. The number of benzene rings is 1. The van der Waals surface area contributed by atoms with Crippen molar-refractivity contribution in [3.05, 3.63) is 23.2 Å². The van der Waals surface area contributed by atoms with E-state index in [4.69, 9.17) is 16.7 Å². The van der Waals surface area contributed by atoms with Gasteiger partial charge in [-0.3, -0.25) is 0 Å². The van der Waals surface area contributed by atoms with Crippen molar-refractivity contribution in [1.29, 1.82) is 0 Å². The van der Waals surface area contributed by atoms with E-state index in [1.54, 1.807) is 6.07 Å². The summed E-state index contributed by atoms with van der Waals surface area (Å²) in [5.74, 6) is 0. The summed E-state index contributed by atoms with van der Waals surface area (Å²) in [4.78, 5) is 2.47. The second-order valence-corrected chi connectivity index (χ2v) is 7.01. The van der Waals surface area contributed by atoms with Crippen LogP contribution in [0.25, 0.3) is 0 Å². The molecule has 7 heteroatoms. The van der Waals surface area contributed by atoms with Gasteiger partial charge in [0.25, 0.3) is 0 Å². The summed E-state index contributed by atoms with van der Waals surface area (Å²) in [5.41, 5.74) is 0.633. The minimum Gasteiger partial charge on any atom is -0.381 e. The van der Waals surface area contributed by atoms with Gasteiger partial charge in [0.05, 0.1) is 15.6 Å². The molecule has 2 rings (SSSR count). The first-order valence-electron chi connectivity index (χ1n) is 6.71. The van der Waals surface area contributed by atoms with Crippen LogP contribution < -0.4 is 10.5 Å². The van der Waals surface area contributed by atoms with Crippen molar-refractivity contribution in [2.24, 2.45) is 5.14 Å². The summed E-state index contributed by atoms with van der Waals surface area (Å²) in [6.45, 7) is 5.30. The first-order valence-corrected chi connectivity index (χ1v) is 8.64. The van der Waals surface area contributed by atoms with Gasteiger partial charge < -0.3 is 10.2 Å². The minimum absolute atomic E-state index is 0.0791. The fourth-order valence-electron chi connectivity index (χ4n) is 2.41. The van der Waals surface area contributed by atoms with Gasteiger partial charge in [-0.15, -0.1) is 0 Å². The average molecular weight is 318 g/mol. The van der Waals surface area contributed by atoms with Crippen molar-refractivity contribution in [2.75, 3.05) is 25.0 Å². The number of sulfonamides is 1. The van der Waals surface area contributed by atoms with Gasteiger partial charge in [-0.25, -0.2) is 13.6 Å². The Hall–Kier alpha value is -0.820. The van der Waals surface area contributed by atoms with Gasteiger partial charge in [0.2, 0.25) is 10.0 Å². The van der Waals surface area contributed by atoms with Gasteiger partial charge in [-0.1, -0.05) is 18.5 Å². The van der Waals surface area contributed by atoms with Crippen LogP contribution in [0.15, 0.2) is 23.1 Å². The van der Waals surface area contributed by atoms with Crippen LogP contribution >= 0.6 is 11.6 Å². The second kappa shape index (κ2) is 6.30. The Morgan fingerprint density at radius 1 is 1.40 bits per heavy atom. The topological polar surface area (TPSA) is 75.4 Å². The van der Waals surface area contributed by atoms with Crippen LogP contribution in [-0.2, 0) is 10.0 Å². The zero-order valence-corrected chi connectivity index (χ0v) is 13.0. The van der Waals surface area contributed by atoms with Crippen LogP contribution in [0, 0.1) is 0 Å². The maximum absolute atomic E-state index is 11.4. The third-order valence-corrected chi connectivity index (χ3v) is 4.90. The molecule has 0 bridgehead atoms. The number of rotatable bonds is 4. The number of nitrogens with two attached hydrogens (primary N) is 1. The standard InChI is InChI=1S/C13H20ClN3O2S/c1-2-17-7-5-10(6-8-17)16-13-9-11(20(15,18)19)3-4-12(13)14/h3-4,9-10,16H,2,5-8H2,1H3,(H2,15,18,19).